The van der Waals surface area contributed by atoms with Gasteiger partial charge in [0.15, 0.2) is 0 Å². The molecule has 0 aromatic heterocycles. The molecule has 4 nitrogen and oxygen atoms in total. The largest absolute Gasteiger partial charge is 0.481 e. The number of fused-ring (bicyclic) bond motifs is 3. The molecule has 1 aliphatic carbocycles. The molecule has 1 aromatic rings. The number of carboxylic acid groups (broad SMARTS) is 1. The lowest BCUT2D eigenvalue weighted by Gasteiger charge is -2.28. The minimum absolute atomic E-state index is 0.0370. The molecule has 1 amide bonds. The number of aliphatic carboxylic acids is 1. The number of carboxylic acids is 1. The van der Waals surface area contributed by atoms with E-state index in [0.717, 1.165) is 17.7 Å². The van der Waals surface area contributed by atoms with Gasteiger partial charge in [-0.2, -0.15) is 0 Å². The fourth-order valence-electron chi connectivity index (χ4n) is 3.79. The Kier molecular flexibility index (Phi) is 2.85. The molecule has 1 aromatic carbocycles. The van der Waals surface area contributed by atoms with E-state index in [4.69, 9.17) is 0 Å². The van der Waals surface area contributed by atoms with Gasteiger partial charge >= 0.3 is 5.97 Å². The second-order valence-corrected chi connectivity index (χ2v) is 6.41. The van der Waals surface area contributed by atoms with E-state index in [2.05, 4.69) is 5.32 Å². The SMILES string of the molecule is CC(C(=O)O)C1(C)CC2c3ccccc3NC(=O)[C@@H]2C1. The number of anilines is 1. The summed E-state index contributed by atoms with van der Waals surface area (Å²) in [5.74, 6) is -1.13. The molecule has 1 fully saturated rings. The molecule has 3 unspecified atom stereocenters. The number of carbonyl (C=O) groups is 2. The average Bonchev–Trinajstić information content (AvgIpc) is 2.78. The molecule has 2 aliphatic rings. The summed E-state index contributed by atoms with van der Waals surface area (Å²) in [6.45, 7) is 3.75. The van der Waals surface area contributed by atoms with Crippen LogP contribution in [0, 0.1) is 17.3 Å². The Labute approximate surface area is 118 Å². The molecule has 2 N–H and O–H groups in total. The van der Waals surface area contributed by atoms with Crippen molar-refractivity contribution in [2.45, 2.75) is 32.6 Å². The lowest BCUT2D eigenvalue weighted by Crippen LogP contribution is -2.31. The molecule has 1 aliphatic heterocycles. The number of nitrogens with one attached hydrogen (secondary N) is 1. The number of para-hydroxylation sites is 1. The third-order valence-electron chi connectivity index (χ3n) is 5.23. The van der Waals surface area contributed by atoms with Gasteiger partial charge in [-0.05, 0) is 35.8 Å². The van der Waals surface area contributed by atoms with Crippen LogP contribution in [0.4, 0.5) is 5.69 Å². The zero-order valence-corrected chi connectivity index (χ0v) is 11.7. The highest BCUT2D eigenvalue weighted by Gasteiger charge is 2.52. The van der Waals surface area contributed by atoms with Gasteiger partial charge in [-0.3, -0.25) is 9.59 Å². The van der Waals surface area contributed by atoms with Gasteiger partial charge in [0.1, 0.15) is 0 Å². The highest BCUT2D eigenvalue weighted by molar-refractivity contribution is 5.97. The van der Waals surface area contributed by atoms with E-state index < -0.39 is 11.9 Å². The zero-order chi connectivity index (χ0) is 14.5. The van der Waals surface area contributed by atoms with Crippen LogP contribution in [0.2, 0.25) is 0 Å². The van der Waals surface area contributed by atoms with Crippen molar-refractivity contribution < 1.29 is 14.7 Å². The molecule has 20 heavy (non-hydrogen) atoms. The van der Waals surface area contributed by atoms with Gasteiger partial charge in [0, 0.05) is 11.6 Å². The van der Waals surface area contributed by atoms with Crippen LogP contribution in [0.3, 0.4) is 0 Å². The van der Waals surface area contributed by atoms with Crippen LogP contribution < -0.4 is 5.32 Å². The quantitative estimate of drug-likeness (QED) is 0.870. The van der Waals surface area contributed by atoms with Crippen LogP contribution in [-0.2, 0) is 9.59 Å². The van der Waals surface area contributed by atoms with E-state index in [0.29, 0.717) is 6.42 Å². The predicted octanol–water partition coefficient (Wildman–Crippen LogP) is 2.86. The Morgan fingerprint density at radius 1 is 1.35 bits per heavy atom. The van der Waals surface area contributed by atoms with Gasteiger partial charge in [0.05, 0.1) is 5.92 Å². The van der Waals surface area contributed by atoms with E-state index in [-0.39, 0.29) is 23.2 Å². The number of rotatable bonds is 2. The maximum absolute atomic E-state index is 12.3. The van der Waals surface area contributed by atoms with Crippen LogP contribution in [-0.4, -0.2) is 17.0 Å². The van der Waals surface area contributed by atoms with Crippen molar-refractivity contribution in [3.8, 4) is 0 Å². The summed E-state index contributed by atoms with van der Waals surface area (Å²) in [6.07, 6.45) is 1.40. The third kappa shape index (κ3) is 1.82. The molecule has 0 spiro atoms. The fraction of sp³-hybridized carbons (Fsp3) is 0.500. The summed E-state index contributed by atoms with van der Waals surface area (Å²) in [7, 11) is 0. The molecule has 1 heterocycles. The van der Waals surface area contributed by atoms with Crippen molar-refractivity contribution in [3.63, 3.8) is 0 Å². The number of hydrogen-bond acceptors (Lipinski definition) is 2. The van der Waals surface area contributed by atoms with Gasteiger partial charge in [-0.15, -0.1) is 0 Å². The second kappa shape index (κ2) is 4.33. The lowest BCUT2D eigenvalue weighted by molar-refractivity contribution is -0.145. The van der Waals surface area contributed by atoms with E-state index >= 15 is 0 Å². The Morgan fingerprint density at radius 3 is 2.70 bits per heavy atom. The first-order valence-electron chi connectivity index (χ1n) is 7.05. The molecule has 3 rings (SSSR count). The Hall–Kier alpha value is -1.84. The molecule has 4 atom stereocenters. The van der Waals surface area contributed by atoms with Crippen molar-refractivity contribution in [2.75, 3.05) is 5.32 Å². The van der Waals surface area contributed by atoms with Gasteiger partial charge < -0.3 is 10.4 Å². The van der Waals surface area contributed by atoms with E-state index in [1.165, 1.54) is 0 Å². The first kappa shape index (κ1) is 13.2. The highest BCUT2D eigenvalue weighted by Crippen LogP contribution is 2.56. The second-order valence-electron chi connectivity index (χ2n) is 6.41. The topological polar surface area (TPSA) is 66.4 Å². The fourth-order valence-corrected chi connectivity index (χ4v) is 3.79. The molecule has 0 radical (unpaired) electrons. The smallest absolute Gasteiger partial charge is 0.306 e. The van der Waals surface area contributed by atoms with Crippen molar-refractivity contribution in [2.24, 2.45) is 17.3 Å². The van der Waals surface area contributed by atoms with E-state index in [9.17, 15) is 14.7 Å². The Balaban J connectivity index is 1.98. The molecule has 0 saturated heterocycles. The Bertz CT molecular complexity index is 583. The molecule has 1 saturated carbocycles. The van der Waals surface area contributed by atoms with Crippen LogP contribution in [0.5, 0.6) is 0 Å². The summed E-state index contributed by atoms with van der Waals surface area (Å²) >= 11 is 0. The normalized spacial score (nSPS) is 33.0. The molecular formula is C16H19NO3. The van der Waals surface area contributed by atoms with Crippen molar-refractivity contribution in [1.82, 2.24) is 0 Å². The lowest BCUT2D eigenvalue weighted by atomic mass is 9.75. The number of carbonyl (C=O) groups excluding carboxylic acids is 1. The average molecular weight is 273 g/mol. The summed E-state index contributed by atoms with van der Waals surface area (Å²) in [6, 6.07) is 7.85. The predicted molar refractivity (Wildman–Crippen MR) is 75.4 cm³/mol. The van der Waals surface area contributed by atoms with Crippen molar-refractivity contribution >= 4 is 17.6 Å². The van der Waals surface area contributed by atoms with Gasteiger partial charge in [0.25, 0.3) is 0 Å². The molecule has 4 heteroatoms. The first-order chi connectivity index (χ1) is 9.42. The van der Waals surface area contributed by atoms with Crippen molar-refractivity contribution in [1.29, 1.82) is 0 Å². The van der Waals surface area contributed by atoms with Gasteiger partial charge in [0.2, 0.25) is 5.91 Å². The molecule has 106 valence electrons. The van der Waals surface area contributed by atoms with Crippen LogP contribution in [0.15, 0.2) is 24.3 Å². The van der Waals surface area contributed by atoms with Crippen LogP contribution in [0.1, 0.15) is 38.2 Å². The monoisotopic (exact) mass is 273 g/mol. The van der Waals surface area contributed by atoms with Crippen molar-refractivity contribution in [3.05, 3.63) is 29.8 Å². The van der Waals surface area contributed by atoms with E-state index in [1.807, 2.05) is 31.2 Å². The summed E-state index contributed by atoms with van der Waals surface area (Å²) in [4.78, 5) is 23.6. The molecular weight excluding hydrogens is 254 g/mol. The third-order valence-corrected chi connectivity index (χ3v) is 5.23. The summed E-state index contributed by atoms with van der Waals surface area (Å²) < 4.78 is 0. The van der Waals surface area contributed by atoms with E-state index in [1.54, 1.807) is 6.92 Å². The minimum Gasteiger partial charge on any atom is -0.481 e. The van der Waals surface area contributed by atoms with Crippen LogP contribution >= 0.6 is 0 Å². The number of benzene rings is 1. The highest BCUT2D eigenvalue weighted by atomic mass is 16.4. The standard InChI is InChI=1S/C16H19NO3/c1-9(15(19)20)16(2)7-11-10-5-3-4-6-13(10)17-14(18)12(11)8-16/h3-6,9,11-12H,7-8H2,1-2H3,(H,17,18)(H,19,20)/t9?,11?,12-,16?/m1/s1. The van der Waals surface area contributed by atoms with Gasteiger partial charge in [-0.1, -0.05) is 32.0 Å². The summed E-state index contributed by atoms with van der Waals surface area (Å²) in [5.41, 5.74) is 1.71. The van der Waals surface area contributed by atoms with Gasteiger partial charge in [-0.25, -0.2) is 0 Å². The first-order valence-corrected chi connectivity index (χ1v) is 7.05. The maximum Gasteiger partial charge on any atom is 0.306 e. The molecule has 0 bridgehead atoms. The van der Waals surface area contributed by atoms with Crippen LogP contribution in [0.25, 0.3) is 0 Å². The Morgan fingerprint density at radius 2 is 2.00 bits per heavy atom. The summed E-state index contributed by atoms with van der Waals surface area (Å²) in [5, 5.41) is 12.3. The number of hydrogen-bond donors (Lipinski definition) is 2. The number of amides is 1. The zero-order valence-electron chi connectivity index (χ0n) is 11.7. The maximum atomic E-state index is 12.3. The minimum atomic E-state index is -0.778.